The van der Waals surface area contributed by atoms with Crippen LogP contribution in [-0.4, -0.2) is 43.3 Å². The van der Waals surface area contributed by atoms with Gasteiger partial charge in [0.1, 0.15) is 22.5 Å². The Bertz CT molecular complexity index is 709. The molecule has 4 rings (SSSR count). The predicted molar refractivity (Wildman–Crippen MR) is 96.4 cm³/mol. The number of halogens is 1. The first kappa shape index (κ1) is 15.5. The molecular weight excluding hydrogens is 324 g/mol. The average Bonchev–Trinajstić information content (AvgIpc) is 3.47. The predicted octanol–water partition coefficient (Wildman–Crippen LogP) is 3.34. The summed E-state index contributed by atoms with van der Waals surface area (Å²) < 4.78 is 5.22. The summed E-state index contributed by atoms with van der Waals surface area (Å²) in [5, 5.41) is 0.555. The lowest BCUT2D eigenvalue weighted by Crippen LogP contribution is -2.46. The third-order valence-electron chi connectivity index (χ3n) is 4.68. The zero-order valence-electron chi connectivity index (χ0n) is 13.8. The van der Waals surface area contributed by atoms with Crippen LogP contribution in [0.5, 0.6) is 5.75 Å². The molecule has 0 radical (unpaired) electrons. The zero-order valence-corrected chi connectivity index (χ0v) is 14.5. The van der Waals surface area contributed by atoms with Gasteiger partial charge in [0.15, 0.2) is 0 Å². The van der Waals surface area contributed by atoms with Gasteiger partial charge in [-0.3, -0.25) is 0 Å². The van der Waals surface area contributed by atoms with Gasteiger partial charge in [0, 0.05) is 43.9 Å². The maximum Gasteiger partial charge on any atom is 0.135 e. The Kier molecular flexibility index (Phi) is 4.19. The van der Waals surface area contributed by atoms with Crippen LogP contribution in [0, 0.1) is 0 Å². The first-order valence-corrected chi connectivity index (χ1v) is 8.79. The van der Waals surface area contributed by atoms with Gasteiger partial charge in [-0.05, 0) is 37.1 Å². The van der Waals surface area contributed by atoms with Crippen molar-refractivity contribution in [2.75, 3.05) is 43.1 Å². The molecule has 1 aromatic heterocycles. The molecule has 0 atom stereocenters. The molecule has 1 aliphatic heterocycles. The molecule has 1 aliphatic carbocycles. The molecule has 0 bridgehead atoms. The zero-order chi connectivity index (χ0) is 16.5. The van der Waals surface area contributed by atoms with E-state index in [-0.39, 0.29) is 0 Å². The molecule has 126 valence electrons. The van der Waals surface area contributed by atoms with Gasteiger partial charge in [-0.15, -0.1) is 0 Å². The lowest BCUT2D eigenvalue weighted by atomic mass is 10.2. The summed E-state index contributed by atoms with van der Waals surface area (Å²) in [6.07, 6.45) is 2.37. The van der Waals surface area contributed by atoms with Crippen LogP contribution in [0.15, 0.2) is 30.3 Å². The third-order valence-corrected chi connectivity index (χ3v) is 4.88. The Morgan fingerprint density at radius 3 is 2.29 bits per heavy atom. The van der Waals surface area contributed by atoms with Gasteiger partial charge in [0.2, 0.25) is 0 Å². The molecule has 5 nitrogen and oxygen atoms in total. The smallest absolute Gasteiger partial charge is 0.135 e. The molecule has 0 amide bonds. The van der Waals surface area contributed by atoms with Crippen LogP contribution >= 0.6 is 11.6 Å². The van der Waals surface area contributed by atoms with Crippen LogP contribution in [0.25, 0.3) is 0 Å². The van der Waals surface area contributed by atoms with Crippen LogP contribution < -0.4 is 14.5 Å². The lowest BCUT2D eigenvalue weighted by Gasteiger charge is -2.36. The molecule has 2 heterocycles. The summed E-state index contributed by atoms with van der Waals surface area (Å²) in [5.74, 6) is 3.28. The van der Waals surface area contributed by atoms with Crippen molar-refractivity contribution in [2.45, 2.75) is 18.8 Å². The second kappa shape index (κ2) is 6.48. The van der Waals surface area contributed by atoms with E-state index in [1.54, 1.807) is 7.11 Å². The molecule has 6 heteroatoms. The largest absolute Gasteiger partial charge is 0.497 e. The lowest BCUT2D eigenvalue weighted by molar-refractivity contribution is 0.415. The molecular formula is C18H21ClN4O. The van der Waals surface area contributed by atoms with E-state index in [2.05, 4.69) is 26.9 Å². The van der Waals surface area contributed by atoms with Gasteiger partial charge < -0.3 is 14.5 Å². The fourth-order valence-electron chi connectivity index (χ4n) is 3.10. The minimum absolute atomic E-state index is 0.517. The van der Waals surface area contributed by atoms with Gasteiger partial charge in [-0.1, -0.05) is 11.6 Å². The summed E-state index contributed by atoms with van der Waals surface area (Å²) in [6, 6.07) is 10.1. The van der Waals surface area contributed by atoms with Gasteiger partial charge in [-0.2, -0.15) is 0 Å². The highest BCUT2D eigenvalue weighted by Gasteiger charge is 2.28. The summed E-state index contributed by atoms with van der Waals surface area (Å²) in [7, 11) is 1.69. The van der Waals surface area contributed by atoms with E-state index < -0.39 is 0 Å². The quantitative estimate of drug-likeness (QED) is 0.796. The summed E-state index contributed by atoms with van der Waals surface area (Å²) in [6.45, 7) is 3.80. The highest BCUT2D eigenvalue weighted by molar-refractivity contribution is 6.29. The van der Waals surface area contributed by atoms with Crippen LogP contribution in [0.3, 0.4) is 0 Å². The Morgan fingerprint density at radius 1 is 1.00 bits per heavy atom. The van der Waals surface area contributed by atoms with E-state index in [1.807, 2.05) is 18.2 Å². The molecule has 2 aromatic rings. The first-order valence-electron chi connectivity index (χ1n) is 8.41. The monoisotopic (exact) mass is 344 g/mol. The number of rotatable bonds is 4. The van der Waals surface area contributed by atoms with Crippen molar-refractivity contribution in [1.82, 2.24) is 9.97 Å². The van der Waals surface area contributed by atoms with Gasteiger partial charge in [-0.25, -0.2) is 9.97 Å². The molecule has 2 aliphatic rings. The minimum atomic E-state index is 0.517. The summed E-state index contributed by atoms with van der Waals surface area (Å²) in [4.78, 5) is 13.8. The van der Waals surface area contributed by atoms with E-state index in [0.29, 0.717) is 11.1 Å². The standard InChI is InChI=1S/C18H21ClN4O/c1-24-15-6-4-14(5-7-15)22-8-10-23(11-9-22)17-12-16(19)20-18(21-17)13-2-3-13/h4-7,12-13H,2-3,8-11H2,1H3. The molecule has 1 aromatic carbocycles. The number of methoxy groups -OCH3 is 1. The Hall–Kier alpha value is -2.01. The number of benzene rings is 1. The number of ether oxygens (including phenoxy) is 1. The topological polar surface area (TPSA) is 41.5 Å². The molecule has 0 unspecified atom stereocenters. The van der Waals surface area contributed by atoms with Crippen LogP contribution in [-0.2, 0) is 0 Å². The minimum Gasteiger partial charge on any atom is -0.497 e. The highest BCUT2D eigenvalue weighted by atomic mass is 35.5. The molecule has 24 heavy (non-hydrogen) atoms. The van der Waals surface area contributed by atoms with Crippen molar-refractivity contribution < 1.29 is 4.74 Å². The molecule has 0 spiro atoms. The Balaban J connectivity index is 1.44. The number of aromatic nitrogens is 2. The number of hydrogen-bond donors (Lipinski definition) is 0. The number of anilines is 2. The van der Waals surface area contributed by atoms with Gasteiger partial charge >= 0.3 is 0 Å². The van der Waals surface area contributed by atoms with Crippen LogP contribution in [0.2, 0.25) is 5.15 Å². The maximum absolute atomic E-state index is 6.19. The molecule has 1 saturated carbocycles. The van der Waals surface area contributed by atoms with Crippen molar-refractivity contribution >= 4 is 23.1 Å². The van der Waals surface area contributed by atoms with Crippen LogP contribution in [0.4, 0.5) is 11.5 Å². The van der Waals surface area contributed by atoms with Crippen molar-refractivity contribution in [3.8, 4) is 5.75 Å². The van der Waals surface area contributed by atoms with Gasteiger partial charge in [0.05, 0.1) is 7.11 Å². The molecule has 2 fully saturated rings. The Morgan fingerprint density at radius 2 is 1.67 bits per heavy atom. The van der Waals surface area contributed by atoms with E-state index in [0.717, 1.165) is 43.6 Å². The van der Waals surface area contributed by atoms with Crippen LogP contribution in [0.1, 0.15) is 24.6 Å². The first-order chi connectivity index (χ1) is 11.7. The van der Waals surface area contributed by atoms with Crippen molar-refractivity contribution in [3.05, 3.63) is 41.3 Å². The van der Waals surface area contributed by atoms with Crippen molar-refractivity contribution in [2.24, 2.45) is 0 Å². The summed E-state index contributed by atoms with van der Waals surface area (Å²) in [5.41, 5.74) is 1.23. The Labute approximate surface area is 147 Å². The SMILES string of the molecule is COc1ccc(N2CCN(c3cc(Cl)nc(C4CC4)n3)CC2)cc1. The van der Waals surface area contributed by atoms with Gasteiger partial charge in [0.25, 0.3) is 0 Å². The van der Waals surface area contributed by atoms with E-state index >= 15 is 0 Å². The highest BCUT2D eigenvalue weighted by Crippen LogP contribution is 2.39. The van der Waals surface area contributed by atoms with Crippen molar-refractivity contribution in [1.29, 1.82) is 0 Å². The normalized spacial score (nSPS) is 17.9. The summed E-state index contributed by atoms with van der Waals surface area (Å²) >= 11 is 6.19. The van der Waals surface area contributed by atoms with E-state index in [9.17, 15) is 0 Å². The fourth-order valence-corrected chi connectivity index (χ4v) is 3.28. The third kappa shape index (κ3) is 3.26. The number of nitrogens with zero attached hydrogens (tertiary/aromatic N) is 4. The second-order valence-electron chi connectivity index (χ2n) is 6.35. The van der Waals surface area contributed by atoms with Crippen molar-refractivity contribution in [3.63, 3.8) is 0 Å². The molecule has 1 saturated heterocycles. The maximum atomic E-state index is 6.19. The number of piperazine rings is 1. The van der Waals surface area contributed by atoms with E-state index in [4.69, 9.17) is 21.3 Å². The molecule has 0 N–H and O–H groups in total. The second-order valence-corrected chi connectivity index (χ2v) is 6.74. The fraction of sp³-hybridized carbons (Fsp3) is 0.444. The van der Waals surface area contributed by atoms with E-state index in [1.165, 1.54) is 18.5 Å². The number of hydrogen-bond acceptors (Lipinski definition) is 5. The average molecular weight is 345 g/mol.